The number of nitrogens with one attached hydrogen (secondary N) is 1. The maximum absolute atomic E-state index is 13.6. The number of anilines is 1. The normalized spacial score (nSPS) is 15.1. The summed E-state index contributed by atoms with van der Waals surface area (Å²) in [6, 6.07) is 14.1. The van der Waals surface area contributed by atoms with Gasteiger partial charge >= 0.3 is 0 Å². The molecular weight excluding hydrogens is 522 g/mol. The highest BCUT2D eigenvalue weighted by Crippen LogP contribution is 2.24. The van der Waals surface area contributed by atoms with Gasteiger partial charge in [0, 0.05) is 30.6 Å². The van der Waals surface area contributed by atoms with Gasteiger partial charge in [-0.3, -0.25) is 13.9 Å². The van der Waals surface area contributed by atoms with Crippen LogP contribution in [0.4, 0.5) is 5.69 Å². The van der Waals surface area contributed by atoms with E-state index in [-0.39, 0.29) is 30.8 Å². The van der Waals surface area contributed by atoms with Gasteiger partial charge in [-0.05, 0) is 61.9 Å². The van der Waals surface area contributed by atoms with Crippen molar-refractivity contribution in [1.82, 2.24) is 10.2 Å². The van der Waals surface area contributed by atoms with Crippen molar-refractivity contribution in [3.05, 3.63) is 64.7 Å². The third-order valence-corrected chi connectivity index (χ3v) is 8.62. The highest BCUT2D eigenvalue weighted by atomic mass is 35.5. The highest BCUT2D eigenvalue weighted by Gasteiger charge is 2.30. The van der Waals surface area contributed by atoms with Crippen molar-refractivity contribution in [2.75, 3.05) is 17.1 Å². The molecule has 2 aromatic carbocycles. The van der Waals surface area contributed by atoms with E-state index in [9.17, 15) is 18.0 Å². The molecular formula is C29H40ClN3O4S. The Kier molecular flexibility index (Phi) is 11.0. The minimum absolute atomic E-state index is 0.113. The van der Waals surface area contributed by atoms with Crippen LogP contribution in [0.5, 0.6) is 0 Å². The fourth-order valence-corrected chi connectivity index (χ4v) is 6.21. The van der Waals surface area contributed by atoms with Crippen LogP contribution in [0.25, 0.3) is 0 Å². The highest BCUT2D eigenvalue weighted by molar-refractivity contribution is 7.92. The van der Waals surface area contributed by atoms with Crippen molar-refractivity contribution < 1.29 is 18.0 Å². The van der Waals surface area contributed by atoms with E-state index in [1.54, 1.807) is 29.2 Å². The van der Waals surface area contributed by atoms with E-state index in [1.165, 1.54) is 10.7 Å². The van der Waals surface area contributed by atoms with E-state index < -0.39 is 16.1 Å². The van der Waals surface area contributed by atoms with E-state index in [2.05, 4.69) is 5.32 Å². The van der Waals surface area contributed by atoms with Crippen molar-refractivity contribution >= 4 is 39.1 Å². The van der Waals surface area contributed by atoms with E-state index in [4.69, 9.17) is 11.6 Å². The first kappa shape index (κ1) is 30.0. The molecule has 0 saturated heterocycles. The van der Waals surface area contributed by atoms with Gasteiger partial charge in [-0.1, -0.05) is 68.1 Å². The largest absolute Gasteiger partial charge is 0.352 e. The molecule has 0 spiro atoms. The molecule has 0 bridgehead atoms. The molecule has 2 amide bonds. The zero-order chi connectivity index (χ0) is 27.7. The van der Waals surface area contributed by atoms with Gasteiger partial charge in [0.15, 0.2) is 0 Å². The number of hydrogen-bond acceptors (Lipinski definition) is 4. The maximum atomic E-state index is 13.6. The second-order valence-corrected chi connectivity index (χ2v) is 12.5. The lowest BCUT2D eigenvalue weighted by atomic mass is 9.95. The number of nitrogens with zero attached hydrogens (tertiary/aromatic N) is 2. The van der Waals surface area contributed by atoms with E-state index in [0.29, 0.717) is 30.1 Å². The molecule has 1 aliphatic rings. The standard InChI is InChI=1S/C29H40ClN3O4S/c1-4-27(29(35)31-25-15-6-5-7-16-25)32(21-23-13-9-8-12-22(23)2)28(34)18-11-19-33(38(3,36)37)26-17-10-14-24(30)20-26/h8-10,12-14,17,20,25,27H,4-7,11,15-16,18-19,21H2,1-3H3,(H,31,35)/t27-/m0/s1. The molecule has 0 aromatic heterocycles. The van der Waals surface area contributed by atoms with Crippen LogP contribution in [0.3, 0.4) is 0 Å². The molecule has 0 heterocycles. The summed E-state index contributed by atoms with van der Waals surface area (Å²) in [5, 5.41) is 3.63. The lowest BCUT2D eigenvalue weighted by Crippen LogP contribution is -2.51. The van der Waals surface area contributed by atoms with Crippen molar-refractivity contribution in [2.24, 2.45) is 0 Å². The van der Waals surface area contributed by atoms with Crippen molar-refractivity contribution in [3.8, 4) is 0 Å². The summed E-state index contributed by atoms with van der Waals surface area (Å²) in [7, 11) is -3.57. The van der Waals surface area contributed by atoms with Gasteiger partial charge in [0.1, 0.15) is 6.04 Å². The van der Waals surface area contributed by atoms with Crippen LogP contribution in [-0.2, 0) is 26.2 Å². The maximum Gasteiger partial charge on any atom is 0.243 e. The van der Waals surface area contributed by atoms with Gasteiger partial charge in [-0.25, -0.2) is 8.42 Å². The van der Waals surface area contributed by atoms with Crippen LogP contribution in [0.15, 0.2) is 48.5 Å². The third kappa shape index (κ3) is 8.46. The van der Waals surface area contributed by atoms with Gasteiger partial charge in [-0.15, -0.1) is 0 Å². The van der Waals surface area contributed by atoms with Crippen LogP contribution in [0, 0.1) is 6.92 Å². The van der Waals surface area contributed by atoms with Crippen LogP contribution < -0.4 is 9.62 Å². The fraction of sp³-hybridized carbons (Fsp3) is 0.517. The zero-order valence-electron chi connectivity index (χ0n) is 22.7. The van der Waals surface area contributed by atoms with Gasteiger partial charge < -0.3 is 10.2 Å². The number of sulfonamides is 1. The number of hydrogen-bond donors (Lipinski definition) is 1. The predicted octanol–water partition coefficient (Wildman–Crippen LogP) is 5.45. The molecule has 0 unspecified atom stereocenters. The van der Waals surface area contributed by atoms with Gasteiger partial charge in [0.05, 0.1) is 11.9 Å². The summed E-state index contributed by atoms with van der Waals surface area (Å²) >= 11 is 6.08. The first-order chi connectivity index (χ1) is 18.1. The van der Waals surface area contributed by atoms with Crippen LogP contribution in [0.1, 0.15) is 69.4 Å². The number of rotatable bonds is 12. The first-order valence-corrected chi connectivity index (χ1v) is 15.7. The molecule has 208 valence electrons. The van der Waals surface area contributed by atoms with Gasteiger partial charge in [0.2, 0.25) is 21.8 Å². The molecule has 0 radical (unpaired) electrons. The summed E-state index contributed by atoms with van der Waals surface area (Å²) in [6.45, 7) is 4.38. The molecule has 1 atom stereocenters. The quantitative estimate of drug-likeness (QED) is 0.373. The average Bonchev–Trinajstić information content (AvgIpc) is 2.87. The third-order valence-electron chi connectivity index (χ3n) is 7.19. The molecule has 38 heavy (non-hydrogen) atoms. The summed E-state index contributed by atoms with van der Waals surface area (Å²) in [6.07, 6.45) is 7.42. The van der Waals surface area contributed by atoms with Crippen LogP contribution >= 0.6 is 11.6 Å². The molecule has 2 aromatic rings. The summed E-state index contributed by atoms with van der Waals surface area (Å²) in [5.74, 6) is -0.281. The Morgan fingerprint density at radius 1 is 1.08 bits per heavy atom. The lowest BCUT2D eigenvalue weighted by Gasteiger charge is -2.33. The minimum atomic E-state index is -3.57. The van der Waals surface area contributed by atoms with Crippen molar-refractivity contribution in [2.45, 2.75) is 83.8 Å². The second-order valence-electron chi connectivity index (χ2n) is 10.1. The molecule has 1 saturated carbocycles. The fourth-order valence-electron chi connectivity index (χ4n) is 5.07. The molecule has 0 aliphatic heterocycles. The monoisotopic (exact) mass is 561 g/mol. The second kappa shape index (κ2) is 14.0. The number of benzene rings is 2. The summed E-state index contributed by atoms with van der Waals surface area (Å²) in [4.78, 5) is 28.7. The SMILES string of the molecule is CC[C@@H](C(=O)NC1CCCCC1)N(Cc1ccccc1C)C(=O)CCCN(c1cccc(Cl)c1)S(C)(=O)=O. The van der Waals surface area contributed by atoms with Crippen LogP contribution in [-0.4, -0.2) is 50.0 Å². The molecule has 1 fully saturated rings. The molecule has 1 N–H and O–H groups in total. The zero-order valence-corrected chi connectivity index (χ0v) is 24.2. The van der Waals surface area contributed by atoms with E-state index >= 15 is 0 Å². The predicted molar refractivity (Wildman–Crippen MR) is 154 cm³/mol. The topological polar surface area (TPSA) is 86.8 Å². The van der Waals surface area contributed by atoms with Crippen molar-refractivity contribution in [1.29, 1.82) is 0 Å². The molecule has 7 nitrogen and oxygen atoms in total. The average molecular weight is 562 g/mol. The number of aryl methyl sites for hydroxylation is 1. The van der Waals surface area contributed by atoms with Gasteiger partial charge in [0.25, 0.3) is 0 Å². The Bertz CT molecular complexity index is 1200. The molecule has 3 rings (SSSR count). The number of amides is 2. The minimum Gasteiger partial charge on any atom is -0.352 e. The Morgan fingerprint density at radius 3 is 2.42 bits per heavy atom. The van der Waals surface area contributed by atoms with Crippen molar-refractivity contribution in [3.63, 3.8) is 0 Å². The smallest absolute Gasteiger partial charge is 0.243 e. The Balaban J connectivity index is 1.76. The Morgan fingerprint density at radius 2 is 1.79 bits per heavy atom. The van der Waals surface area contributed by atoms with E-state index in [0.717, 1.165) is 43.1 Å². The summed E-state index contributed by atoms with van der Waals surface area (Å²) < 4.78 is 26.3. The number of carbonyl (C=O) groups excluding carboxylic acids is 2. The summed E-state index contributed by atoms with van der Waals surface area (Å²) in [5.41, 5.74) is 2.50. The molecule has 9 heteroatoms. The van der Waals surface area contributed by atoms with Gasteiger partial charge in [-0.2, -0.15) is 0 Å². The van der Waals surface area contributed by atoms with Crippen LogP contribution in [0.2, 0.25) is 5.02 Å². The number of carbonyl (C=O) groups is 2. The Hall–Kier alpha value is -2.58. The molecule has 1 aliphatic carbocycles. The van der Waals surface area contributed by atoms with E-state index in [1.807, 2.05) is 38.1 Å². The first-order valence-electron chi connectivity index (χ1n) is 13.5. The Labute approximate surface area is 232 Å². The number of halogens is 1. The lowest BCUT2D eigenvalue weighted by molar-refractivity contribution is -0.141.